The molecule has 0 radical (unpaired) electrons. The van der Waals surface area contributed by atoms with E-state index in [0.717, 1.165) is 45.2 Å². The SMILES string of the molecule is C1CCOC1.C1CCOC1.CC(C)c1cccc(C(C)C)c1[N-]/C=C1/c2ccccc2N(Cc2ccccc2)[C@H]1c1c(C=[NH+]c2c(C(C)C)cccc2C(C)C)c2ccccc2n1Cc1ccccc1.[Li+]. The van der Waals surface area contributed by atoms with Gasteiger partial charge in [0.25, 0.3) is 0 Å². The minimum absolute atomic E-state index is 0. The van der Waals surface area contributed by atoms with E-state index in [1.807, 2.05) is 0 Å². The molecule has 7 heteroatoms. The maximum atomic E-state index is 5.58. The molecule has 0 amide bonds. The van der Waals surface area contributed by atoms with Gasteiger partial charge in [0.2, 0.25) is 5.69 Å². The Kier molecular flexibility index (Phi) is 19.2. The third kappa shape index (κ3) is 12.7. The Hall–Kier alpha value is -5.61. The van der Waals surface area contributed by atoms with Gasteiger partial charge >= 0.3 is 18.9 Å². The minimum Gasteiger partial charge on any atom is -0.663 e. The van der Waals surface area contributed by atoms with Crippen LogP contribution in [0.25, 0.3) is 21.8 Å². The van der Waals surface area contributed by atoms with Crippen molar-refractivity contribution in [1.82, 2.24) is 4.57 Å². The largest absolute Gasteiger partial charge is 1.00 e. The van der Waals surface area contributed by atoms with Gasteiger partial charge in [-0.15, -0.1) is 5.69 Å². The van der Waals surface area contributed by atoms with Crippen LogP contribution in [-0.4, -0.2) is 37.2 Å². The number of para-hydroxylation sites is 4. The zero-order valence-electron chi connectivity index (χ0n) is 44.1. The fourth-order valence-corrected chi connectivity index (χ4v) is 10.2. The molecule has 1 aromatic heterocycles. The van der Waals surface area contributed by atoms with E-state index in [-0.39, 0.29) is 24.9 Å². The van der Waals surface area contributed by atoms with Crippen LogP contribution >= 0.6 is 0 Å². The second-order valence-corrected chi connectivity index (χ2v) is 20.3. The molecular weight excluding hydrogens is 864 g/mol. The van der Waals surface area contributed by atoms with Gasteiger partial charge in [-0.3, -0.25) is 0 Å². The van der Waals surface area contributed by atoms with Crippen LogP contribution in [0.1, 0.15) is 161 Å². The molecule has 2 saturated heterocycles. The second kappa shape index (κ2) is 25.7. The molecule has 3 aliphatic heterocycles. The minimum atomic E-state index is -0.158. The fourth-order valence-electron chi connectivity index (χ4n) is 10.2. The summed E-state index contributed by atoms with van der Waals surface area (Å²) in [7, 11) is 0. The van der Waals surface area contributed by atoms with Gasteiger partial charge in [0, 0.05) is 72.8 Å². The number of nitrogens with zero attached hydrogens (tertiary/aromatic N) is 3. The summed E-state index contributed by atoms with van der Waals surface area (Å²) in [5, 5.41) is 6.80. The summed E-state index contributed by atoms with van der Waals surface area (Å²) in [5.41, 5.74) is 17.4. The molecule has 0 aliphatic carbocycles. The van der Waals surface area contributed by atoms with E-state index >= 15 is 0 Å². The molecule has 1 atom stereocenters. The topological polar surface area (TPSA) is 54.7 Å². The van der Waals surface area contributed by atoms with Crippen molar-refractivity contribution in [1.29, 1.82) is 0 Å². The molecule has 6 nitrogen and oxygen atoms in total. The standard InChI is InChI=1S/C56H59N4.2C4H8O.Li/c1-37(2)43-27-19-28-44(38(3)4)53(43)57-33-49-47-25-15-17-31-51(47)59(35-41-21-11-9-12-22-41)55(49)56-50(34-58-54-45(39(5)6)29-20-30-46(54)40(7)8)48-26-16-18-32-52(48)60(56)36-42-23-13-10-14-24-42;2*1-2-4-5-3-1;/h9-34,37-40,55H,35-36H2,1-8H3;2*1-4H2;/q-1;;;+1/p+1/b49-33-,58-34?;;;/t55-;;;/m1.../s1. The maximum Gasteiger partial charge on any atom is 1.00 e. The Morgan fingerprint density at radius 3 is 1.55 bits per heavy atom. The molecule has 6 aromatic carbocycles. The Morgan fingerprint density at radius 1 is 0.549 bits per heavy atom. The van der Waals surface area contributed by atoms with E-state index in [2.05, 4.69) is 228 Å². The average Bonchev–Trinajstić information content (AvgIpc) is 4.24. The van der Waals surface area contributed by atoms with Crippen molar-refractivity contribution < 1.29 is 33.3 Å². The molecule has 0 spiro atoms. The molecule has 3 aliphatic rings. The first-order valence-electron chi connectivity index (χ1n) is 26.1. The Bertz CT molecular complexity index is 2760. The predicted molar refractivity (Wildman–Crippen MR) is 295 cm³/mol. The fraction of sp³-hybridized carbons (Fsp3) is 0.359. The van der Waals surface area contributed by atoms with Crippen molar-refractivity contribution in [3.8, 4) is 0 Å². The third-order valence-electron chi connectivity index (χ3n) is 13.9. The van der Waals surface area contributed by atoms with Crippen molar-refractivity contribution in [2.75, 3.05) is 31.3 Å². The average molecular weight is 940 g/mol. The molecular formula is C64H76LiN4O2+. The number of fused-ring (bicyclic) bond motifs is 2. The zero-order chi connectivity index (χ0) is 49.0. The van der Waals surface area contributed by atoms with Crippen LogP contribution in [-0.2, 0) is 22.6 Å². The number of hydrogen-bond donors (Lipinski definition) is 1. The van der Waals surface area contributed by atoms with Gasteiger partial charge in [-0.1, -0.05) is 200 Å². The first-order valence-corrected chi connectivity index (χ1v) is 26.1. The first-order chi connectivity index (χ1) is 34.1. The van der Waals surface area contributed by atoms with E-state index in [9.17, 15) is 0 Å². The number of anilines is 1. The van der Waals surface area contributed by atoms with Gasteiger partial charge in [0.1, 0.15) is 0 Å². The van der Waals surface area contributed by atoms with Crippen molar-refractivity contribution in [2.24, 2.45) is 0 Å². The van der Waals surface area contributed by atoms with Crippen LogP contribution < -0.4 is 28.8 Å². The van der Waals surface area contributed by atoms with E-state index in [0.29, 0.717) is 23.7 Å². The molecule has 10 rings (SSSR count). The van der Waals surface area contributed by atoms with E-state index in [1.54, 1.807) is 0 Å². The van der Waals surface area contributed by atoms with Gasteiger partial charge in [0.05, 0.1) is 17.3 Å². The summed E-state index contributed by atoms with van der Waals surface area (Å²) >= 11 is 0. The molecule has 364 valence electrons. The molecule has 2 fully saturated rings. The van der Waals surface area contributed by atoms with Crippen molar-refractivity contribution in [3.05, 3.63) is 207 Å². The summed E-state index contributed by atoms with van der Waals surface area (Å²) in [6.45, 7) is 23.8. The van der Waals surface area contributed by atoms with Crippen molar-refractivity contribution in [3.63, 3.8) is 0 Å². The predicted octanol–water partition coefficient (Wildman–Crippen LogP) is 12.4. The number of rotatable bonds is 13. The molecule has 0 bridgehead atoms. The molecule has 7 aromatic rings. The summed E-state index contributed by atoms with van der Waals surface area (Å²) in [4.78, 5) is 6.62. The van der Waals surface area contributed by atoms with Gasteiger partial charge < -0.3 is 24.3 Å². The smallest absolute Gasteiger partial charge is 0.663 e. The van der Waals surface area contributed by atoms with Crippen LogP contribution in [0.5, 0.6) is 0 Å². The van der Waals surface area contributed by atoms with E-state index < -0.39 is 0 Å². The van der Waals surface area contributed by atoms with Crippen LogP contribution in [0.3, 0.4) is 0 Å². The molecule has 71 heavy (non-hydrogen) atoms. The summed E-state index contributed by atoms with van der Waals surface area (Å²) < 4.78 is 12.5. The third-order valence-corrected chi connectivity index (χ3v) is 13.9. The van der Waals surface area contributed by atoms with E-state index in [4.69, 9.17) is 14.8 Å². The Balaban J connectivity index is 0.000000601. The molecule has 0 saturated carbocycles. The number of hydrogen-bond acceptors (Lipinski definition) is 3. The summed E-state index contributed by atoms with van der Waals surface area (Å²) in [6, 6.07) is 53.1. The molecule has 1 N–H and O–H groups in total. The van der Waals surface area contributed by atoms with E-state index in [1.165, 1.54) is 104 Å². The van der Waals surface area contributed by atoms with Gasteiger partial charge in [0.15, 0.2) is 6.21 Å². The zero-order valence-corrected chi connectivity index (χ0v) is 44.1. The quantitative estimate of drug-likeness (QED) is 0.0926. The van der Waals surface area contributed by atoms with Crippen LogP contribution in [0.2, 0.25) is 0 Å². The number of ether oxygens (including phenoxy) is 2. The normalized spacial score (nSPS) is 15.9. The van der Waals surface area contributed by atoms with Crippen LogP contribution in [0.4, 0.5) is 17.1 Å². The number of benzene rings is 6. The Labute approximate surface area is 437 Å². The van der Waals surface area contributed by atoms with Crippen molar-refractivity contribution in [2.45, 2.75) is 124 Å². The summed E-state index contributed by atoms with van der Waals surface area (Å²) in [6.07, 6.45) is 9.64. The first kappa shape index (κ1) is 53.2. The van der Waals surface area contributed by atoms with Crippen LogP contribution in [0, 0.1) is 0 Å². The van der Waals surface area contributed by atoms with Gasteiger partial charge in [-0.05, 0) is 78.2 Å². The maximum absolute atomic E-state index is 5.58. The Morgan fingerprint density at radius 2 is 1.03 bits per heavy atom. The molecule has 4 heterocycles. The van der Waals surface area contributed by atoms with Gasteiger partial charge in [-0.25, -0.2) is 4.99 Å². The molecule has 0 unspecified atom stereocenters. The second-order valence-electron chi connectivity index (χ2n) is 20.3. The number of nitrogens with one attached hydrogen (secondary N) is 1. The monoisotopic (exact) mass is 940 g/mol. The van der Waals surface area contributed by atoms with Crippen LogP contribution in [0.15, 0.2) is 152 Å². The van der Waals surface area contributed by atoms with Crippen molar-refractivity contribution >= 4 is 39.8 Å². The van der Waals surface area contributed by atoms with Gasteiger partial charge in [-0.2, -0.15) is 6.20 Å². The summed E-state index contributed by atoms with van der Waals surface area (Å²) in [5.74, 6) is 1.41. The number of aromatic nitrogens is 1.